The molecule has 3 saturated carbocycles. The van der Waals surface area contributed by atoms with Crippen molar-refractivity contribution in [3.63, 3.8) is 0 Å². The van der Waals surface area contributed by atoms with Crippen LogP contribution in [-0.2, 0) is 4.79 Å². The van der Waals surface area contributed by atoms with Gasteiger partial charge in [-0.25, -0.2) is 4.79 Å². The van der Waals surface area contributed by atoms with Crippen LogP contribution < -0.4 is 10.6 Å². The van der Waals surface area contributed by atoms with E-state index in [4.69, 9.17) is 0 Å². The molecule has 164 valence electrons. The molecule has 4 fully saturated rings. The van der Waals surface area contributed by atoms with Crippen LogP contribution in [0.15, 0.2) is 0 Å². The summed E-state index contributed by atoms with van der Waals surface area (Å²) in [4.78, 5) is 26.9. The second kappa shape index (κ2) is 7.46. The molecule has 5 heteroatoms. The highest BCUT2D eigenvalue weighted by Gasteiger charge is 2.61. The molecule has 0 radical (unpaired) electrons. The van der Waals surface area contributed by atoms with Gasteiger partial charge in [-0.05, 0) is 86.9 Å². The van der Waals surface area contributed by atoms with E-state index in [0.29, 0.717) is 41.5 Å². The first-order chi connectivity index (χ1) is 13.7. The van der Waals surface area contributed by atoms with E-state index >= 15 is 0 Å². The van der Waals surface area contributed by atoms with Gasteiger partial charge >= 0.3 is 6.03 Å². The van der Waals surface area contributed by atoms with Crippen LogP contribution in [0.1, 0.15) is 79.1 Å². The highest BCUT2D eigenvalue weighted by atomic mass is 16.2. The lowest BCUT2D eigenvalue weighted by molar-refractivity contribution is -0.165. The maximum atomic E-state index is 12.5. The lowest BCUT2D eigenvalue weighted by Crippen LogP contribution is -2.64. The van der Waals surface area contributed by atoms with E-state index in [-0.39, 0.29) is 17.5 Å². The van der Waals surface area contributed by atoms with Gasteiger partial charge in [0.05, 0.1) is 0 Å². The van der Waals surface area contributed by atoms with Crippen LogP contribution in [0.25, 0.3) is 0 Å². The Morgan fingerprint density at radius 1 is 1.17 bits per heavy atom. The van der Waals surface area contributed by atoms with Crippen molar-refractivity contribution in [1.82, 2.24) is 15.5 Å². The Kier molecular flexibility index (Phi) is 5.40. The lowest BCUT2D eigenvalue weighted by atomic mass is 9.45. The molecule has 0 bridgehead atoms. The summed E-state index contributed by atoms with van der Waals surface area (Å²) in [5.41, 5.74) is 0.715. The van der Waals surface area contributed by atoms with E-state index in [0.717, 1.165) is 25.3 Å². The monoisotopic (exact) mass is 403 g/mol. The number of hydrogen-bond acceptors (Lipinski definition) is 2. The van der Waals surface area contributed by atoms with Gasteiger partial charge < -0.3 is 15.5 Å². The van der Waals surface area contributed by atoms with Gasteiger partial charge in [0.15, 0.2) is 0 Å². The molecule has 0 aromatic carbocycles. The molecule has 29 heavy (non-hydrogen) atoms. The molecule has 4 aliphatic rings. The number of nitrogens with one attached hydrogen (secondary N) is 2. The van der Waals surface area contributed by atoms with Crippen LogP contribution >= 0.6 is 0 Å². The highest BCUT2D eigenvalue weighted by molar-refractivity contribution is 5.77. The molecule has 1 aliphatic heterocycles. The Balaban J connectivity index is 1.61. The van der Waals surface area contributed by atoms with Gasteiger partial charge in [0.2, 0.25) is 5.91 Å². The number of carbonyl (C=O) groups excluding carboxylic acids is 2. The zero-order valence-corrected chi connectivity index (χ0v) is 19.1. The second-order valence-electron chi connectivity index (χ2n) is 11.4. The lowest BCUT2D eigenvalue weighted by Gasteiger charge is -2.63. The summed E-state index contributed by atoms with van der Waals surface area (Å²) >= 11 is 0. The van der Waals surface area contributed by atoms with Crippen molar-refractivity contribution in [3.8, 4) is 0 Å². The summed E-state index contributed by atoms with van der Waals surface area (Å²) in [6, 6.07) is 0.408. The molecule has 0 aromatic rings. The van der Waals surface area contributed by atoms with Crippen molar-refractivity contribution in [1.29, 1.82) is 0 Å². The van der Waals surface area contributed by atoms with Gasteiger partial charge in [-0.3, -0.25) is 4.79 Å². The average Bonchev–Trinajstić information content (AvgIpc) is 3.05. The highest BCUT2D eigenvalue weighted by Crippen LogP contribution is 2.65. The van der Waals surface area contributed by atoms with E-state index in [1.54, 1.807) is 0 Å². The van der Waals surface area contributed by atoms with E-state index in [1.807, 2.05) is 20.9 Å². The normalized spacial score (nSPS) is 44.1. The third-order valence-corrected chi connectivity index (χ3v) is 9.48. The number of urea groups is 1. The van der Waals surface area contributed by atoms with Gasteiger partial charge in [-0.1, -0.05) is 20.3 Å². The molecule has 4 rings (SSSR count). The van der Waals surface area contributed by atoms with E-state index < -0.39 is 0 Å². The van der Waals surface area contributed by atoms with Crippen molar-refractivity contribution in [2.45, 2.75) is 91.1 Å². The molecule has 2 N–H and O–H groups in total. The van der Waals surface area contributed by atoms with Crippen LogP contribution in [0.5, 0.6) is 0 Å². The molecular formula is C24H41N3O2. The smallest absolute Gasteiger partial charge is 0.314 e. The third-order valence-electron chi connectivity index (χ3n) is 9.48. The summed E-state index contributed by atoms with van der Waals surface area (Å²) in [6.07, 6.45) is 9.49. The number of hydrogen-bond donors (Lipinski definition) is 2. The molecule has 0 spiro atoms. The van der Waals surface area contributed by atoms with E-state index in [9.17, 15) is 9.59 Å². The quantitative estimate of drug-likeness (QED) is 0.743. The minimum absolute atomic E-state index is 0.0528. The van der Waals surface area contributed by atoms with Crippen molar-refractivity contribution in [2.24, 2.45) is 34.5 Å². The first-order valence-electron chi connectivity index (χ1n) is 12.0. The predicted molar refractivity (Wildman–Crippen MR) is 115 cm³/mol. The zero-order valence-electron chi connectivity index (χ0n) is 19.1. The van der Waals surface area contributed by atoms with Gasteiger partial charge in [0, 0.05) is 32.1 Å². The van der Waals surface area contributed by atoms with Gasteiger partial charge in [0.25, 0.3) is 0 Å². The van der Waals surface area contributed by atoms with Crippen LogP contribution in [0.4, 0.5) is 4.79 Å². The summed E-state index contributed by atoms with van der Waals surface area (Å²) in [5, 5.41) is 6.16. The topological polar surface area (TPSA) is 61.4 Å². The molecule has 5 nitrogen and oxygen atoms in total. The maximum Gasteiger partial charge on any atom is 0.314 e. The van der Waals surface area contributed by atoms with Crippen LogP contribution in [-0.4, -0.2) is 42.5 Å². The fourth-order valence-corrected chi connectivity index (χ4v) is 8.01. The summed E-state index contributed by atoms with van der Waals surface area (Å²) in [5.74, 6) is 2.90. The number of piperidine rings is 1. The van der Waals surface area contributed by atoms with Crippen LogP contribution in [0, 0.1) is 34.5 Å². The fraction of sp³-hybridized carbons (Fsp3) is 0.917. The molecule has 1 saturated heterocycles. The minimum Gasteiger partial charge on any atom is -0.342 e. The molecule has 7 atom stereocenters. The van der Waals surface area contributed by atoms with Crippen LogP contribution in [0.3, 0.4) is 0 Å². The molecular weight excluding hydrogens is 362 g/mol. The molecule has 2 unspecified atom stereocenters. The summed E-state index contributed by atoms with van der Waals surface area (Å²) in [6.45, 7) is 9.73. The Hall–Kier alpha value is -1.26. The van der Waals surface area contributed by atoms with E-state index in [1.165, 1.54) is 32.1 Å². The van der Waals surface area contributed by atoms with Crippen molar-refractivity contribution < 1.29 is 9.59 Å². The standard InChI is InChI=1S/C24H41N3O2/c1-15(2)26-22(29)25-14-16-13-19-24(4,12-9-20(28)27(19)5)18-8-11-23(3)10-6-7-17(23)21(16)18/h15-19,21H,6-14H2,1-5H3,(H2,25,26,29)/t16?,17-,18+,19?,21-,23-,24+/m0/s1. The number of carbonyl (C=O) groups is 2. The summed E-state index contributed by atoms with van der Waals surface area (Å²) in [7, 11) is 2.02. The second-order valence-corrected chi connectivity index (χ2v) is 11.4. The SMILES string of the molecule is CC(C)NC(=O)NCC1CC2N(C)C(=O)CC[C@]2(C)[C@@H]2CC[C@]3(C)CCC[C@H]3[C@H]12. The molecule has 1 heterocycles. The number of fused-ring (bicyclic) bond motifs is 5. The van der Waals surface area contributed by atoms with Gasteiger partial charge in [-0.15, -0.1) is 0 Å². The van der Waals surface area contributed by atoms with Gasteiger partial charge in [0.1, 0.15) is 0 Å². The Morgan fingerprint density at radius 2 is 1.93 bits per heavy atom. The molecule has 3 amide bonds. The van der Waals surface area contributed by atoms with Crippen LogP contribution in [0.2, 0.25) is 0 Å². The Bertz CT molecular complexity index is 665. The van der Waals surface area contributed by atoms with Crippen molar-refractivity contribution >= 4 is 11.9 Å². The number of rotatable bonds is 3. The van der Waals surface area contributed by atoms with Crippen molar-refractivity contribution in [3.05, 3.63) is 0 Å². The van der Waals surface area contributed by atoms with Gasteiger partial charge in [-0.2, -0.15) is 0 Å². The predicted octanol–water partition coefficient (Wildman–Crippen LogP) is 4.17. The zero-order chi connectivity index (χ0) is 21.0. The minimum atomic E-state index is -0.0528. The largest absolute Gasteiger partial charge is 0.342 e. The van der Waals surface area contributed by atoms with Crippen molar-refractivity contribution in [2.75, 3.05) is 13.6 Å². The molecule has 3 aliphatic carbocycles. The first kappa shape index (κ1) is 21.0. The third kappa shape index (κ3) is 3.46. The summed E-state index contributed by atoms with van der Waals surface area (Å²) < 4.78 is 0. The fourth-order valence-electron chi connectivity index (χ4n) is 8.01. The number of likely N-dealkylation sites (tertiary alicyclic amines) is 1. The Labute approximate surface area is 176 Å². The maximum absolute atomic E-state index is 12.5. The first-order valence-corrected chi connectivity index (χ1v) is 12.0. The van der Waals surface area contributed by atoms with E-state index in [2.05, 4.69) is 29.4 Å². The average molecular weight is 404 g/mol. The number of nitrogens with zero attached hydrogens (tertiary/aromatic N) is 1. The Morgan fingerprint density at radius 3 is 2.66 bits per heavy atom. The molecule has 0 aromatic heterocycles. The number of amides is 3.